The summed E-state index contributed by atoms with van der Waals surface area (Å²) in [4.78, 5) is 28.4. The third-order valence-corrected chi connectivity index (χ3v) is 5.95. The lowest BCUT2D eigenvalue weighted by molar-refractivity contribution is -0.115. The highest BCUT2D eigenvalue weighted by Crippen LogP contribution is 2.34. The van der Waals surface area contributed by atoms with Gasteiger partial charge in [-0.25, -0.2) is 9.18 Å². The fourth-order valence-corrected chi connectivity index (χ4v) is 4.18. The number of hydrogen-bond donors (Lipinski definition) is 1. The first-order valence-corrected chi connectivity index (χ1v) is 10.2. The lowest BCUT2D eigenvalue weighted by Crippen LogP contribution is -2.48. The van der Waals surface area contributed by atoms with Crippen LogP contribution in [0.15, 0.2) is 39.6 Å². The molecule has 1 atom stereocenters. The van der Waals surface area contributed by atoms with Crippen molar-refractivity contribution in [3.63, 3.8) is 0 Å². The normalized spacial score (nSPS) is 22.6. The second kappa shape index (κ2) is 8.41. The van der Waals surface area contributed by atoms with Gasteiger partial charge in [0.25, 0.3) is 5.91 Å². The van der Waals surface area contributed by atoms with Crippen molar-refractivity contribution in [2.24, 2.45) is 10.2 Å². The molecule has 3 aliphatic rings. The van der Waals surface area contributed by atoms with E-state index in [1.54, 1.807) is 17.0 Å². The summed E-state index contributed by atoms with van der Waals surface area (Å²) in [6, 6.07) is 4.27. The topological polar surface area (TPSA) is 77.4 Å². The molecular weight excluding hydrogens is 373 g/mol. The summed E-state index contributed by atoms with van der Waals surface area (Å²) in [6.07, 6.45) is 4.21. The van der Waals surface area contributed by atoms with E-state index in [-0.39, 0.29) is 23.7 Å². The molecule has 1 saturated heterocycles. The van der Waals surface area contributed by atoms with E-state index in [1.807, 2.05) is 7.05 Å². The van der Waals surface area contributed by atoms with Crippen LogP contribution in [0.4, 0.5) is 14.9 Å². The van der Waals surface area contributed by atoms with E-state index >= 15 is 0 Å². The first-order valence-electron chi connectivity index (χ1n) is 10.2. The van der Waals surface area contributed by atoms with E-state index in [1.165, 1.54) is 6.07 Å². The van der Waals surface area contributed by atoms with Gasteiger partial charge in [0, 0.05) is 38.2 Å². The summed E-state index contributed by atoms with van der Waals surface area (Å²) >= 11 is 0. The minimum atomic E-state index is -0.464. The Morgan fingerprint density at radius 2 is 1.97 bits per heavy atom. The molecule has 29 heavy (non-hydrogen) atoms. The number of rotatable bonds is 3. The molecule has 3 amide bonds. The van der Waals surface area contributed by atoms with Gasteiger partial charge in [0.1, 0.15) is 5.82 Å². The molecule has 4 rings (SSSR count). The molecule has 7 nitrogen and oxygen atoms in total. The molecule has 0 bridgehead atoms. The number of carbonyl (C=O) groups excluding carboxylic acids is 2. The zero-order valence-corrected chi connectivity index (χ0v) is 16.7. The monoisotopic (exact) mass is 399 g/mol. The standard InChI is InChI=1S/C21H26FN5O2/c1-26-8-10-27(11-9-26)21(29)23-19-13-14(6-7-17(19)22)12-18-15-4-2-3-5-16(15)20(28)25-24-18/h6-7,13,18H,2-5,8-12H2,1H3,(H,23,29). The number of carbonyl (C=O) groups is 2. The van der Waals surface area contributed by atoms with Crippen molar-refractivity contribution in [2.75, 3.05) is 38.5 Å². The summed E-state index contributed by atoms with van der Waals surface area (Å²) in [6.45, 7) is 2.85. The molecule has 154 valence electrons. The van der Waals surface area contributed by atoms with Gasteiger partial charge < -0.3 is 15.1 Å². The predicted octanol–water partition coefficient (Wildman–Crippen LogP) is 3.38. The van der Waals surface area contributed by atoms with Crippen LogP contribution in [0.25, 0.3) is 0 Å². The quantitative estimate of drug-likeness (QED) is 0.846. The van der Waals surface area contributed by atoms with Gasteiger partial charge >= 0.3 is 6.03 Å². The van der Waals surface area contributed by atoms with Gasteiger partial charge in [0.05, 0.1) is 11.7 Å². The van der Waals surface area contributed by atoms with Gasteiger partial charge in [-0.1, -0.05) is 6.07 Å². The third kappa shape index (κ3) is 4.37. The number of piperazine rings is 1. The van der Waals surface area contributed by atoms with Crippen molar-refractivity contribution >= 4 is 17.6 Å². The SMILES string of the molecule is CN1CCN(C(=O)Nc2cc(CC3N=NC(=O)C4=C3CCCC4)ccc2F)CC1. The van der Waals surface area contributed by atoms with E-state index < -0.39 is 5.82 Å². The second-order valence-electron chi connectivity index (χ2n) is 7.99. The Morgan fingerprint density at radius 3 is 2.76 bits per heavy atom. The highest BCUT2D eigenvalue weighted by atomic mass is 19.1. The van der Waals surface area contributed by atoms with Crippen LogP contribution in [-0.4, -0.2) is 61.0 Å². The number of nitrogens with one attached hydrogen (secondary N) is 1. The smallest absolute Gasteiger partial charge is 0.322 e. The van der Waals surface area contributed by atoms with E-state index in [9.17, 15) is 14.0 Å². The fraction of sp³-hybridized carbons (Fsp3) is 0.524. The molecule has 0 saturated carbocycles. The number of amides is 3. The van der Waals surface area contributed by atoms with Crippen molar-refractivity contribution in [2.45, 2.75) is 38.1 Å². The predicted molar refractivity (Wildman–Crippen MR) is 107 cm³/mol. The van der Waals surface area contributed by atoms with Crippen LogP contribution in [0.3, 0.4) is 0 Å². The average molecular weight is 399 g/mol. The van der Waals surface area contributed by atoms with Crippen molar-refractivity contribution < 1.29 is 14.0 Å². The molecule has 0 spiro atoms. The number of halogens is 1. The molecule has 8 heteroatoms. The molecule has 0 radical (unpaired) electrons. The van der Waals surface area contributed by atoms with Gasteiger partial charge in [-0.3, -0.25) is 4.79 Å². The zero-order valence-electron chi connectivity index (χ0n) is 16.7. The molecule has 1 fully saturated rings. The Morgan fingerprint density at radius 1 is 1.21 bits per heavy atom. The largest absolute Gasteiger partial charge is 0.322 e. The summed E-state index contributed by atoms with van der Waals surface area (Å²) in [5.41, 5.74) is 2.91. The Kier molecular flexibility index (Phi) is 5.71. The number of nitrogens with zero attached hydrogens (tertiary/aromatic N) is 4. The average Bonchev–Trinajstić information content (AvgIpc) is 2.73. The number of likely N-dealkylation sites (N-methyl/N-ethyl adjacent to an activating group) is 1. The van der Waals surface area contributed by atoms with Crippen LogP contribution in [-0.2, 0) is 11.2 Å². The lowest BCUT2D eigenvalue weighted by Gasteiger charge is -2.32. The van der Waals surface area contributed by atoms with E-state index in [0.717, 1.165) is 55.5 Å². The van der Waals surface area contributed by atoms with Crippen LogP contribution >= 0.6 is 0 Å². The van der Waals surface area contributed by atoms with Crippen LogP contribution < -0.4 is 5.32 Å². The fourth-order valence-electron chi connectivity index (χ4n) is 4.18. The first kappa shape index (κ1) is 19.7. The third-order valence-electron chi connectivity index (χ3n) is 5.95. The Hall–Kier alpha value is -2.61. The minimum absolute atomic E-state index is 0.174. The van der Waals surface area contributed by atoms with Crippen LogP contribution in [0.5, 0.6) is 0 Å². The summed E-state index contributed by atoms with van der Waals surface area (Å²) in [5, 5.41) is 10.7. The van der Waals surface area contributed by atoms with E-state index in [2.05, 4.69) is 20.4 Å². The Bertz CT molecular complexity index is 874. The number of azo groups is 1. The van der Waals surface area contributed by atoms with Crippen molar-refractivity contribution in [1.82, 2.24) is 9.80 Å². The van der Waals surface area contributed by atoms with Crippen LogP contribution in [0, 0.1) is 5.82 Å². The molecule has 2 aliphatic heterocycles. The summed E-state index contributed by atoms with van der Waals surface area (Å²) in [7, 11) is 2.02. The Balaban J connectivity index is 1.47. The van der Waals surface area contributed by atoms with E-state index in [0.29, 0.717) is 19.5 Å². The molecule has 1 aliphatic carbocycles. The number of urea groups is 1. The maximum Gasteiger partial charge on any atom is 0.322 e. The number of hydrogen-bond acceptors (Lipinski definition) is 4. The molecule has 1 aromatic carbocycles. The van der Waals surface area contributed by atoms with Gasteiger partial charge in [0.2, 0.25) is 0 Å². The van der Waals surface area contributed by atoms with Gasteiger partial charge in [-0.15, -0.1) is 5.11 Å². The zero-order chi connectivity index (χ0) is 20.4. The van der Waals surface area contributed by atoms with Crippen LogP contribution in [0.1, 0.15) is 31.2 Å². The van der Waals surface area contributed by atoms with Gasteiger partial charge in [0.15, 0.2) is 0 Å². The minimum Gasteiger partial charge on any atom is -0.322 e. The maximum atomic E-state index is 14.3. The maximum absolute atomic E-state index is 14.3. The molecule has 1 aromatic rings. The van der Waals surface area contributed by atoms with Crippen molar-refractivity contribution in [1.29, 1.82) is 0 Å². The number of anilines is 1. The molecule has 1 unspecified atom stereocenters. The molecule has 2 heterocycles. The van der Waals surface area contributed by atoms with Crippen molar-refractivity contribution in [3.05, 3.63) is 40.7 Å². The van der Waals surface area contributed by atoms with E-state index in [4.69, 9.17) is 0 Å². The van der Waals surface area contributed by atoms with Crippen molar-refractivity contribution in [3.8, 4) is 0 Å². The Labute approximate surface area is 169 Å². The number of benzene rings is 1. The lowest BCUT2D eigenvalue weighted by atomic mass is 9.84. The highest BCUT2D eigenvalue weighted by Gasteiger charge is 2.29. The summed E-state index contributed by atoms with van der Waals surface area (Å²) < 4.78 is 14.3. The van der Waals surface area contributed by atoms with Crippen LogP contribution in [0.2, 0.25) is 0 Å². The summed E-state index contributed by atoms with van der Waals surface area (Å²) in [5.74, 6) is -0.676. The van der Waals surface area contributed by atoms with Gasteiger partial charge in [-0.05, 0) is 56.0 Å². The molecule has 1 N–H and O–H groups in total. The first-order chi connectivity index (χ1) is 14.0. The molecular formula is C21H26FN5O2. The highest BCUT2D eigenvalue weighted by molar-refractivity contribution is 5.95. The second-order valence-corrected chi connectivity index (χ2v) is 7.99. The molecule has 0 aromatic heterocycles. The van der Waals surface area contributed by atoms with Gasteiger partial charge in [-0.2, -0.15) is 5.11 Å².